The van der Waals surface area contributed by atoms with Gasteiger partial charge in [0.15, 0.2) is 5.66 Å². The Morgan fingerprint density at radius 2 is 1.97 bits per heavy atom. The normalized spacial score (nSPS) is 31.1. The van der Waals surface area contributed by atoms with Crippen molar-refractivity contribution >= 4 is 29.1 Å². The molecule has 6 nitrogen and oxygen atoms in total. The van der Waals surface area contributed by atoms with Crippen molar-refractivity contribution in [1.29, 1.82) is 5.41 Å². The fraction of sp³-hybridized carbons (Fsp3) is 0.800. The summed E-state index contributed by atoms with van der Waals surface area (Å²) in [6.07, 6.45) is 5.80. The van der Waals surface area contributed by atoms with E-state index >= 15 is 0 Å². The summed E-state index contributed by atoms with van der Waals surface area (Å²) in [7, 11) is 0. The van der Waals surface area contributed by atoms with Crippen molar-refractivity contribution in [3.05, 3.63) is 11.1 Å². The maximum absolute atomic E-state index is 12.9. The van der Waals surface area contributed by atoms with Gasteiger partial charge in [-0.15, -0.1) is 0 Å². The lowest BCUT2D eigenvalue weighted by molar-refractivity contribution is -0.138. The Hall–Kier alpha value is -1.18. The van der Waals surface area contributed by atoms with E-state index in [-0.39, 0.29) is 17.6 Å². The standard InChI is InChI=1S/C25H40N4O2S/c1-16(2)20-14-28(10-11-29(20)21(30)9-12-32-6)25(5)23(26)18-13-24(3,4)31-15-19(18)22(27-25)17-7-8-17/h16-17,20,26H,7-15H2,1-6H3. The number of carbonyl (C=O) groups is 1. The fourth-order valence-electron chi connectivity index (χ4n) is 5.39. The number of nitrogens with one attached hydrogen (secondary N) is 1. The topological polar surface area (TPSA) is 69.0 Å². The van der Waals surface area contributed by atoms with Gasteiger partial charge in [0.1, 0.15) is 0 Å². The average molecular weight is 461 g/mol. The van der Waals surface area contributed by atoms with Crippen LogP contribution in [-0.4, -0.2) is 82.7 Å². The Kier molecular flexibility index (Phi) is 6.65. The largest absolute Gasteiger partial charge is 0.370 e. The lowest BCUT2D eigenvalue weighted by Crippen LogP contribution is -2.65. The molecule has 4 aliphatic rings. The number of amides is 1. The van der Waals surface area contributed by atoms with Crippen LogP contribution in [-0.2, 0) is 9.53 Å². The van der Waals surface area contributed by atoms with E-state index in [9.17, 15) is 10.2 Å². The van der Waals surface area contributed by atoms with Gasteiger partial charge in [0, 0.05) is 61.5 Å². The molecule has 0 aromatic carbocycles. The van der Waals surface area contributed by atoms with Crippen molar-refractivity contribution in [2.45, 2.75) is 77.6 Å². The summed E-state index contributed by atoms with van der Waals surface area (Å²) in [6.45, 7) is 13.6. The molecule has 0 spiro atoms. The number of aliphatic imine (C=N–C) groups is 1. The van der Waals surface area contributed by atoms with Gasteiger partial charge in [-0.2, -0.15) is 11.8 Å². The number of hydrogen-bond acceptors (Lipinski definition) is 6. The van der Waals surface area contributed by atoms with E-state index in [0.717, 1.165) is 30.8 Å². The van der Waals surface area contributed by atoms with E-state index in [2.05, 4.69) is 50.7 Å². The molecule has 1 amide bonds. The van der Waals surface area contributed by atoms with Crippen molar-refractivity contribution in [2.75, 3.05) is 38.2 Å². The van der Waals surface area contributed by atoms with Gasteiger partial charge in [0.05, 0.1) is 17.9 Å². The van der Waals surface area contributed by atoms with Crippen molar-refractivity contribution in [3.63, 3.8) is 0 Å². The van der Waals surface area contributed by atoms with Crippen LogP contribution in [0.1, 0.15) is 60.3 Å². The first-order valence-electron chi connectivity index (χ1n) is 12.2. The second kappa shape index (κ2) is 8.88. The monoisotopic (exact) mass is 460 g/mol. The van der Waals surface area contributed by atoms with Gasteiger partial charge in [-0.05, 0) is 51.4 Å². The molecule has 0 radical (unpaired) electrons. The molecule has 0 aromatic heterocycles. The minimum Gasteiger partial charge on any atom is -0.370 e. The third-order valence-corrected chi connectivity index (χ3v) is 8.22. The summed E-state index contributed by atoms with van der Waals surface area (Å²) >= 11 is 1.73. The molecule has 2 unspecified atom stereocenters. The van der Waals surface area contributed by atoms with Crippen LogP contribution >= 0.6 is 11.8 Å². The second-order valence-electron chi connectivity index (χ2n) is 10.9. The zero-order valence-electron chi connectivity index (χ0n) is 20.7. The molecule has 2 atom stereocenters. The van der Waals surface area contributed by atoms with Crippen molar-refractivity contribution in [2.24, 2.45) is 16.8 Å². The lowest BCUT2D eigenvalue weighted by atomic mass is 9.79. The molecule has 1 aliphatic carbocycles. The molecule has 32 heavy (non-hydrogen) atoms. The van der Waals surface area contributed by atoms with Crippen molar-refractivity contribution < 1.29 is 9.53 Å². The van der Waals surface area contributed by atoms with Crippen LogP contribution in [0.3, 0.4) is 0 Å². The number of hydrogen-bond donors (Lipinski definition) is 1. The molecule has 2 fully saturated rings. The van der Waals surface area contributed by atoms with Gasteiger partial charge in [0.2, 0.25) is 5.91 Å². The average Bonchev–Trinajstić information content (AvgIpc) is 3.59. The molecule has 3 aliphatic heterocycles. The summed E-state index contributed by atoms with van der Waals surface area (Å²) in [6, 6.07) is 0.156. The van der Waals surface area contributed by atoms with Crippen LogP contribution < -0.4 is 0 Å². The first-order chi connectivity index (χ1) is 15.1. The number of carbonyl (C=O) groups excluding carboxylic acids is 1. The number of thioether (sulfide) groups is 1. The van der Waals surface area contributed by atoms with Gasteiger partial charge in [-0.1, -0.05) is 13.8 Å². The van der Waals surface area contributed by atoms with Crippen LogP contribution in [0.4, 0.5) is 0 Å². The molecule has 1 saturated carbocycles. The molecule has 0 aromatic rings. The zero-order chi connectivity index (χ0) is 23.3. The molecule has 4 rings (SSSR count). The third kappa shape index (κ3) is 4.45. The number of nitrogens with zero attached hydrogens (tertiary/aromatic N) is 3. The Morgan fingerprint density at radius 1 is 1.25 bits per heavy atom. The number of ether oxygens (including phenoxy) is 1. The number of rotatable bonds is 6. The quantitative estimate of drug-likeness (QED) is 0.650. The first-order valence-corrected chi connectivity index (χ1v) is 13.6. The molecule has 1 saturated heterocycles. The molecule has 178 valence electrons. The smallest absolute Gasteiger partial charge is 0.223 e. The predicted molar refractivity (Wildman–Crippen MR) is 133 cm³/mol. The van der Waals surface area contributed by atoms with Crippen LogP contribution in [0.2, 0.25) is 0 Å². The minimum atomic E-state index is -0.661. The highest BCUT2D eigenvalue weighted by molar-refractivity contribution is 7.98. The summed E-state index contributed by atoms with van der Waals surface area (Å²) in [5.41, 5.74) is 3.25. The molecule has 7 heteroatoms. The zero-order valence-corrected chi connectivity index (χ0v) is 21.5. The summed E-state index contributed by atoms with van der Waals surface area (Å²) in [4.78, 5) is 22.7. The summed E-state index contributed by atoms with van der Waals surface area (Å²) < 4.78 is 6.13. The van der Waals surface area contributed by atoms with Crippen molar-refractivity contribution in [3.8, 4) is 0 Å². The third-order valence-electron chi connectivity index (χ3n) is 7.61. The van der Waals surface area contributed by atoms with Crippen LogP contribution in [0.5, 0.6) is 0 Å². The van der Waals surface area contributed by atoms with E-state index in [4.69, 9.17) is 9.73 Å². The van der Waals surface area contributed by atoms with E-state index in [1.165, 1.54) is 24.1 Å². The Bertz CT molecular complexity index is 845. The van der Waals surface area contributed by atoms with E-state index < -0.39 is 5.66 Å². The van der Waals surface area contributed by atoms with Gasteiger partial charge >= 0.3 is 0 Å². The molecule has 3 heterocycles. The van der Waals surface area contributed by atoms with Gasteiger partial charge in [-0.25, -0.2) is 0 Å². The maximum Gasteiger partial charge on any atom is 0.223 e. The molecular formula is C25H40N4O2S. The van der Waals surface area contributed by atoms with E-state index in [0.29, 0.717) is 37.1 Å². The van der Waals surface area contributed by atoms with Gasteiger partial charge in [0.25, 0.3) is 0 Å². The lowest BCUT2D eigenvalue weighted by Gasteiger charge is -2.51. The van der Waals surface area contributed by atoms with Gasteiger partial charge < -0.3 is 15.0 Å². The van der Waals surface area contributed by atoms with Crippen LogP contribution in [0.25, 0.3) is 0 Å². The Balaban J connectivity index is 1.62. The SMILES string of the molecule is CSCCC(=O)N1CCN(C2(C)N=C(C3CC3)C3=C(CC(C)(C)OC3)C2=N)CC1C(C)C. The Labute approximate surface area is 197 Å². The molecular weight excluding hydrogens is 420 g/mol. The van der Waals surface area contributed by atoms with Crippen LogP contribution in [0, 0.1) is 17.2 Å². The molecule has 1 N–H and O–H groups in total. The van der Waals surface area contributed by atoms with E-state index in [1.54, 1.807) is 11.8 Å². The summed E-state index contributed by atoms with van der Waals surface area (Å²) in [5.74, 6) is 2.02. The second-order valence-corrected chi connectivity index (χ2v) is 11.9. The van der Waals surface area contributed by atoms with Gasteiger partial charge in [-0.3, -0.25) is 14.7 Å². The highest BCUT2D eigenvalue weighted by Crippen LogP contribution is 2.44. The minimum absolute atomic E-state index is 0.156. The van der Waals surface area contributed by atoms with Crippen molar-refractivity contribution in [1.82, 2.24) is 9.80 Å². The summed E-state index contributed by atoms with van der Waals surface area (Å²) in [5, 5.41) is 9.29. The Morgan fingerprint density at radius 3 is 2.59 bits per heavy atom. The predicted octanol–water partition coefficient (Wildman–Crippen LogP) is 4.00. The maximum atomic E-state index is 12.9. The number of piperazine rings is 1. The highest BCUT2D eigenvalue weighted by atomic mass is 32.2. The van der Waals surface area contributed by atoms with Crippen LogP contribution in [0.15, 0.2) is 16.1 Å². The van der Waals surface area contributed by atoms with E-state index in [1.807, 2.05) is 0 Å². The number of dihydropyridines is 1. The highest BCUT2D eigenvalue weighted by Gasteiger charge is 2.49. The fourth-order valence-corrected chi connectivity index (χ4v) is 5.77. The first kappa shape index (κ1) is 24.0. The molecule has 0 bridgehead atoms.